The second-order valence-electron chi connectivity index (χ2n) is 5.66. The third-order valence-corrected chi connectivity index (χ3v) is 4.14. The Morgan fingerprint density at radius 1 is 1.15 bits per heavy atom. The highest BCUT2D eigenvalue weighted by molar-refractivity contribution is 9.10. The number of halogens is 3. The molecule has 5 nitrogen and oxygen atoms in total. The van der Waals surface area contributed by atoms with Crippen LogP contribution in [0.25, 0.3) is 11.0 Å². The fourth-order valence-corrected chi connectivity index (χ4v) is 2.93. The molecule has 3 aromatic rings. The van der Waals surface area contributed by atoms with Crippen LogP contribution >= 0.6 is 15.9 Å². The Balaban J connectivity index is 1.42. The first-order valence-corrected chi connectivity index (χ1v) is 8.77. The molecule has 1 heterocycles. The second-order valence-corrected chi connectivity index (χ2v) is 6.58. The monoisotopic (exact) mass is 426 g/mol. The largest absolute Gasteiger partial charge is 0.485 e. The number of imidazole rings is 1. The quantitative estimate of drug-likeness (QED) is 0.559. The molecule has 1 atom stereocenters. The summed E-state index contributed by atoms with van der Waals surface area (Å²) >= 11 is 3.00. The predicted octanol–water partition coefficient (Wildman–Crippen LogP) is 3.53. The van der Waals surface area contributed by atoms with E-state index in [0.29, 0.717) is 11.0 Å². The number of fused-ring (bicyclic) bond motifs is 1. The summed E-state index contributed by atoms with van der Waals surface area (Å²) in [5.74, 6) is -2.02. The minimum absolute atomic E-state index is 0.0315. The molecule has 0 spiro atoms. The van der Waals surface area contributed by atoms with Crippen LogP contribution in [0.2, 0.25) is 0 Å². The van der Waals surface area contributed by atoms with Gasteiger partial charge >= 0.3 is 0 Å². The Hall–Kier alpha value is -2.03. The zero-order chi connectivity index (χ0) is 18.5. The average Bonchev–Trinajstić information content (AvgIpc) is 2.99. The van der Waals surface area contributed by atoms with E-state index >= 15 is 0 Å². The maximum atomic E-state index is 13.6. The van der Waals surface area contributed by atoms with Crippen LogP contribution in [-0.2, 0) is 11.3 Å². The summed E-state index contributed by atoms with van der Waals surface area (Å²) in [6, 6.07) is 9.87. The third kappa shape index (κ3) is 4.57. The smallest absolute Gasteiger partial charge is 0.190 e. The lowest BCUT2D eigenvalue weighted by Gasteiger charge is -2.13. The highest BCUT2D eigenvalue weighted by Gasteiger charge is 2.12. The molecule has 0 aliphatic heterocycles. The highest BCUT2D eigenvalue weighted by Crippen LogP contribution is 2.25. The van der Waals surface area contributed by atoms with Crippen molar-refractivity contribution in [3.8, 4) is 5.75 Å². The van der Waals surface area contributed by atoms with Crippen LogP contribution in [0.1, 0.15) is 0 Å². The van der Waals surface area contributed by atoms with E-state index in [4.69, 9.17) is 9.47 Å². The lowest BCUT2D eigenvalue weighted by molar-refractivity contribution is 0.0170. The number of hydrogen-bond donors (Lipinski definition) is 1. The normalized spacial score (nSPS) is 12.5. The fourth-order valence-electron chi connectivity index (χ4n) is 2.52. The molecule has 0 fully saturated rings. The molecule has 1 aromatic heterocycles. The number of aliphatic hydroxyl groups is 1. The van der Waals surface area contributed by atoms with Gasteiger partial charge in [-0.05, 0) is 24.3 Å². The molecule has 0 aliphatic carbocycles. The van der Waals surface area contributed by atoms with Gasteiger partial charge in [0.15, 0.2) is 17.4 Å². The van der Waals surface area contributed by atoms with Crippen molar-refractivity contribution in [2.75, 3.05) is 19.8 Å². The number of aromatic nitrogens is 2. The van der Waals surface area contributed by atoms with Crippen LogP contribution < -0.4 is 4.74 Å². The van der Waals surface area contributed by atoms with Gasteiger partial charge in [-0.1, -0.05) is 28.1 Å². The molecule has 0 aliphatic rings. The zero-order valence-electron chi connectivity index (χ0n) is 13.7. The number of hydrogen-bond acceptors (Lipinski definition) is 4. The second kappa shape index (κ2) is 8.57. The topological polar surface area (TPSA) is 56.5 Å². The minimum atomic E-state index is -0.788. The van der Waals surface area contributed by atoms with Crippen molar-refractivity contribution < 1.29 is 23.4 Å². The number of nitrogens with zero attached hydrogens (tertiary/aromatic N) is 2. The zero-order valence-corrected chi connectivity index (χ0v) is 15.3. The first kappa shape index (κ1) is 18.8. The molecule has 2 aromatic carbocycles. The van der Waals surface area contributed by atoms with Crippen LogP contribution in [-0.4, -0.2) is 40.6 Å². The minimum Gasteiger partial charge on any atom is -0.485 e. The van der Waals surface area contributed by atoms with E-state index in [0.717, 1.165) is 23.2 Å². The number of aliphatic hydroxyl groups excluding tert-OH is 1. The summed E-state index contributed by atoms with van der Waals surface area (Å²) in [4.78, 5) is 4.25. The molecular weight excluding hydrogens is 410 g/mol. The number of para-hydroxylation sites is 2. The molecule has 3 rings (SSSR count). The summed E-state index contributed by atoms with van der Waals surface area (Å²) in [7, 11) is 0. The van der Waals surface area contributed by atoms with Crippen LogP contribution in [0.5, 0.6) is 5.75 Å². The summed E-state index contributed by atoms with van der Waals surface area (Å²) in [6.45, 7) is 0.464. The number of ether oxygens (including phenoxy) is 2. The van der Waals surface area contributed by atoms with E-state index in [1.54, 1.807) is 6.33 Å². The summed E-state index contributed by atoms with van der Waals surface area (Å²) in [5, 5.41) is 10.1. The van der Waals surface area contributed by atoms with E-state index < -0.39 is 23.5 Å². The van der Waals surface area contributed by atoms with Crippen molar-refractivity contribution in [3.63, 3.8) is 0 Å². The Bertz CT molecular complexity index is 865. The molecule has 8 heteroatoms. The van der Waals surface area contributed by atoms with Crippen molar-refractivity contribution in [2.45, 2.75) is 12.6 Å². The van der Waals surface area contributed by atoms with Crippen LogP contribution in [0, 0.1) is 11.6 Å². The van der Waals surface area contributed by atoms with Gasteiger partial charge in [-0.3, -0.25) is 0 Å². The highest BCUT2D eigenvalue weighted by atomic mass is 79.9. The van der Waals surface area contributed by atoms with Gasteiger partial charge in [-0.2, -0.15) is 0 Å². The molecule has 0 bridgehead atoms. The summed E-state index contributed by atoms with van der Waals surface area (Å²) in [6.07, 6.45) is 0.921. The van der Waals surface area contributed by atoms with Gasteiger partial charge in [0.1, 0.15) is 6.61 Å². The molecular formula is C18H17BrF2N2O3. The van der Waals surface area contributed by atoms with Gasteiger partial charge in [0.2, 0.25) is 0 Å². The van der Waals surface area contributed by atoms with Crippen molar-refractivity contribution in [1.29, 1.82) is 0 Å². The molecule has 26 heavy (non-hydrogen) atoms. The van der Waals surface area contributed by atoms with Crippen molar-refractivity contribution in [2.24, 2.45) is 0 Å². The van der Waals surface area contributed by atoms with Crippen LogP contribution in [0.3, 0.4) is 0 Å². The first-order chi connectivity index (χ1) is 12.5. The lowest BCUT2D eigenvalue weighted by atomic mass is 10.3. The number of benzene rings is 2. The van der Waals surface area contributed by atoms with Gasteiger partial charge < -0.3 is 19.1 Å². The molecule has 1 N–H and O–H groups in total. The third-order valence-electron chi connectivity index (χ3n) is 3.68. The van der Waals surface area contributed by atoms with Crippen LogP contribution in [0.4, 0.5) is 8.78 Å². The van der Waals surface area contributed by atoms with Gasteiger partial charge in [-0.25, -0.2) is 13.8 Å². The van der Waals surface area contributed by atoms with Gasteiger partial charge in [0.25, 0.3) is 0 Å². The molecule has 138 valence electrons. The van der Waals surface area contributed by atoms with Crippen LogP contribution in [0.15, 0.2) is 47.2 Å². The molecule has 1 unspecified atom stereocenters. The Morgan fingerprint density at radius 2 is 1.88 bits per heavy atom. The molecule has 0 saturated carbocycles. The Morgan fingerprint density at radius 3 is 2.65 bits per heavy atom. The van der Waals surface area contributed by atoms with E-state index in [1.165, 1.54) is 0 Å². The van der Waals surface area contributed by atoms with Gasteiger partial charge in [0.05, 0.1) is 43.2 Å². The SMILES string of the molecule is OC(COCCOc1c(F)cc(Br)cc1F)Cn1cnc2ccccc21. The van der Waals surface area contributed by atoms with Gasteiger partial charge in [0, 0.05) is 4.47 Å². The van der Waals surface area contributed by atoms with Crippen molar-refractivity contribution in [1.82, 2.24) is 9.55 Å². The van der Waals surface area contributed by atoms with E-state index in [-0.39, 0.29) is 19.8 Å². The van der Waals surface area contributed by atoms with Crippen molar-refractivity contribution in [3.05, 3.63) is 58.8 Å². The fraction of sp³-hybridized carbons (Fsp3) is 0.278. The lowest BCUT2D eigenvalue weighted by Crippen LogP contribution is -2.23. The van der Waals surface area contributed by atoms with Crippen molar-refractivity contribution >= 4 is 27.0 Å². The molecule has 0 saturated heterocycles. The molecule has 0 amide bonds. The van der Waals surface area contributed by atoms with E-state index in [9.17, 15) is 13.9 Å². The van der Waals surface area contributed by atoms with Gasteiger partial charge in [-0.15, -0.1) is 0 Å². The first-order valence-electron chi connectivity index (χ1n) is 7.97. The van der Waals surface area contributed by atoms with E-state index in [2.05, 4.69) is 20.9 Å². The summed E-state index contributed by atoms with van der Waals surface area (Å²) < 4.78 is 39.7. The summed E-state index contributed by atoms with van der Waals surface area (Å²) in [5.41, 5.74) is 1.78. The Kier molecular flexibility index (Phi) is 6.18. The standard InChI is InChI=1S/C18H17BrF2N2O3/c19-12-7-14(20)18(15(21)8-12)26-6-5-25-10-13(24)9-23-11-22-16-3-1-2-4-17(16)23/h1-4,7-8,11,13,24H,5-6,9-10H2. The average molecular weight is 427 g/mol. The Labute approximate surface area is 157 Å². The predicted molar refractivity (Wildman–Crippen MR) is 96.1 cm³/mol. The maximum Gasteiger partial charge on any atom is 0.190 e. The molecule has 0 radical (unpaired) electrons. The maximum absolute atomic E-state index is 13.6. The number of rotatable bonds is 8. The van der Waals surface area contributed by atoms with E-state index in [1.807, 2.05) is 28.8 Å².